The normalized spacial score (nSPS) is 12.6. The van der Waals surface area contributed by atoms with E-state index in [1.165, 1.54) is 0 Å². The summed E-state index contributed by atoms with van der Waals surface area (Å²) in [6, 6.07) is -0.924. The predicted octanol–water partition coefficient (Wildman–Crippen LogP) is -1.11. The number of carbonyl (C=O) groups excluding carboxylic acids is 1. The maximum atomic E-state index is 10.8. The van der Waals surface area contributed by atoms with Crippen LogP contribution in [0, 0.1) is 0 Å². The molecule has 5 nitrogen and oxygen atoms in total. The molecule has 0 saturated heterocycles. The molecule has 1 atom stereocenters. The van der Waals surface area contributed by atoms with Crippen LogP contribution in [0.5, 0.6) is 0 Å². The summed E-state index contributed by atoms with van der Waals surface area (Å²) in [5, 5.41) is 8.46. The molecule has 0 aliphatic heterocycles. The molecule has 0 aliphatic rings. The van der Waals surface area contributed by atoms with Gasteiger partial charge in [-0.15, -0.1) is 0 Å². The molecule has 0 spiro atoms. The van der Waals surface area contributed by atoms with Crippen LogP contribution in [0.2, 0.25) is 0 Å². The third kappa shape index (κ3) is 5.06. The smallest absolute Gasteiger partial charge is 0.325 e. The molecule has 0 amide bonds. The Kier molecular flexibility index (Phi) is 6.64. The van der Waals surface area contributed by atoms with Crippen LogP contribution in [0.4, 0.5) is 0 Å². The topological polar surface area (TPSA) is 81.8 Å². The number of hydrogen-bond donors (Lipinski definition) is 2. The van der Waals surface area contributed by atoms with Crippen LogP contribution in [0.15, 0.2) is 0 Å². The average Bonchev–Trinajstić information content (AvgIpc) is 2.10. The number of rotatable bonds is 6. The van der Waals surface area contributed by atoms with Crippen LogP contribution in [0.25, 0.3) is 0 Å². The Morgan fingerprint density at radius 2 is 2.25 bits per heavy atom. The van der Waals surface area contributed by atoms with E-state index in [4.69, 9.17) is 20.3 Å². The van der Waals surface area contributed by atoms with Crippen molar-refractivity contribution in [2.75, 3.05) is 26.9 Å². The van der Waals surface area contributed by atoms with Gasteiger partial charge in [0.25, 0.3) is 0 Å². The van der Waals surface area contributed by atoms with Gasteiger partial charge in [0.1, 0.15) is 6.04 Å². The minimum atomic E-state index is -0.924. The lowest BCUT2D eigenvalue weighted by molar-refractivity contribution is -0.146. The molecular weight excluding hydrogens is 162 g/mol. The summed E-state index contributed by atoms with van der Waals surface area (Å²) in [5.41, 5.74) is 5.18. The van der Waals surface area contributed by atoms with Crippen molar-refractivity contribution in [2.45, 2.75) is 12.5 Å². The van der Waals surface area contributed by atoms with Crippen LogP contribution in [-0.2, 0) is 14.3 Å². The first-order valence-corrected chi connectivity index (χ1v) is 3.74. The number of hydrogen-bond acceptors (Lipinski definition) is 5. The highest BCUT2D eigenvalue weighted by atomic mass is 16.5. The lowest BCUT2D eigenvalue weighted by Crippen LogP contribution is -2.35. The van der Waals surface area contributed by atoms with E-state index in [9.17, 15) is 4.79 Å². The van der Waals surface area contributed by atoms with Crippen LogP contribution >= 0.6 is 0 Å². The molecule has 72 valence electrons. The second-order valence-corrected chi connectivity index (χ2v) is 2.30. The van der Waals surface area contributed by atoms with E-state index >= 15 is 0 Å². The maximum Gasteiger partial charge on any atom is 0.325 e. The number of ether oxygens (including phenoxy) is 2. The van der Waals surface area contributed by atoms with Crippen molar-refractivity contribution < 1.29 is 19.4 Å². The van der Waals surface area contributed by atoms with Crippen molar-refractivity contribution in [1.29, 1.82) is 0 Å². The summed E-state index contributed by atoms with van der Waals surface area (Å²) in [5.74, 6) is -0.575. The highest BCUT2D eigenvalue weighted by molar-refractivity contribution is 5.75. The summed E-state index contributed by atoms with van der Waals surface area (Å²) >= 11 is 0. The molecule has 12 heavy (non-hydrogen) atoms. The first-order valence-electron chi connectivity index (χ1n) is 3.74. The summed E-state index contributed by atoms with van der Waals surface area (Å²) in [7, 11) is 1.57. The molecule has 0 saturated carbocycles. The van der Waals surface area contributed by atoms with Crippen molar-refractivity contribution in [3.05, 3.63) is 0 Å². The largest absolute Gasteiger partial charge is 0.464 e. The number of aliphatic hydroxyl groups is 1. The summed E-state index contributed by atoms with van der Waals surface area (Å²) < 4.78 is 9.43. The number of carbonyl (C=O) groups is 1. The van der Waals surface area contributed by atoms with Gasteiger partial charge in [0, 0.05) is 20.1 Å². The van der Waals surface area contributed by atoms with E-state index in [1.54, 1.807) is 7.11 Å². The van der Waals surface area contributed by atoms with Crippen LogP contribution < -0.4 is 5.73 Å². The van der Waals surface area contributed by atoms with Gasteiger partial charge in [-0.25, -0.2) is 0 Å². The fourth-order valence-electron chi connectivity index (χ4n) is 0.558. The Morgan fingerprint density at radius 1 is 1.58 bits per heavy atom. The first kappa shape index (κ1) is 11.4. The van der Waals surface area contributed by atoms with Crippen molar-refractivity contribution in [2.24, 2.45) is 5.73 Å². The van der Waals surface area contributed by atoms with Gasteiger partial charge in [0.2, 0.25) is 0 Å². The zero-order chi connectivity index (χ0) is 9.40. The maximum absolute atomic E-state index is 10.8. The molecular formula is C7H15NO4. The van der Waals surface area contributed by atoms with Crippen LogP contribution in [0.3, 0.4) is 0 Å². The average molecular weight is 177 g/mol. The van der Waals surface area contributed by atoms with Gasteiger partial charge in [-0.05, 0) is 0 Å². The fraction of sp³-hybridized carbons (Fsp3) is 0.857. The van der Waals surface area contributed by atoms with E-state index in [0.717, 1.165) is 0 Å². The van der Waals surface area contributed by atoms with Gasteiger partial charge in [0.05, 0.1) is 13.2 Å². The minimum Gasteiger partial charge on any atom is -0.464 e. The molecule has 0 aromatic heterocycles. The molecule has 0 unspecified atom stereocenters. The molecule has 0 fully saturated rings. The molecule has 5 heteroatoms. The number of aliphatic hydroxyl groups excluding tert-OH is 1. The van der Waals surface area contributed by atoms with Crippen molar-refractivity contribution in [3.8, 4) is 0 Å². The van der Waals surface area contributed by atoms with Gasteiger partial charge in [-0.3, -0.25) is 4.79 Å². The van der Waals surface area contributed by atoms with E-state index in [1.807, 2.05) is 0 Å². The zero-order valence-corrected chi connectivity index (χ0v) is 7.16. The molecule has 0 aromatic carbocycles. The van der Waals surface area contributed by atoms with Gasteiger partial charge in [-0.2, -0.15) is 0 Å². The number of esters is 1. The number of nitrogens with two attached hydrogens (primary N) is 1. The van der Waals surface area contributed by atoms with E-state index in [2.05, 4.69) is 0 Å². The Balaban J connectivity index is 3.31. The van der Waals surface area contributed by atoms with Crippen molar-refractivity contribution in [1.82, 2.24) is 0 Å². The van der Waals surface area contributed by atoms with Crippen molar-refractivity contribution in [3.63, 3.8) is 0 Å². The second kappa shape index (κ2) is 7.02. The van der Waals surface area contributed by atoms with Crippen LogP contribution in [-0.4, -0.2) is 44.0 Å². The summed E-state index contributed by atoms with van der Waals surface area (Å²) in [4.78, 5) is 10.8. The molecule has 0 radical (unpaired) electrons. The van der Waals surface area contributed by atoms with E-state index in [-0.39, 0.29) is 13.2 Å². The lowest BCUT2D eigenvalue weighted by atomic mass is 10.3. The Bertz CT molecular complexity index is 129. The van der Waals surface area contributed by atoms with E-state index in [0.29, 0.717) is 13.0 Å². The number of methoxy groups -OCH3 is 1. The molecule has 3 N–H and O–H groups in total. The molecule has 0 aromatic rings. The van der Waals surface area contributed by atoms with Gasteiger partial charge >= 0.3 is 5.97 Å². The van der Waals surface area contributed by atoms with Crippen molar-refractivity contribution >= 4 is 5.97 Å². The van der Waals surface area contributed by atoms with Crippen LogP contribution in [0.1, 0.15) is 6.42 Å². The Hall–Kier alpha value is -0.650. The van der Waals surface area contributed by atoms with Gasteiger partial charge < -0.3 is 20.3 Å². The summed E-state index contributed by atoms with van der Waals surface area (Å²) in [6.45, 7) is 0.436. The standard InChI is InChI=1S/C7H15NO4/c1-11-3-2-4-12-7(10)6(8)5-9/h6,9H,2-5,8H2,1H3/t6-/m1/s1. The second-order valence-electron chi connectivity index (χ2n) is 2.30. The highest BCUT2D eigenvalue weighted by Crippen LogP contribution is 1.88. The third-order valence-electron chi connectivity index (χ3n) is 1.24. The predicted molar refractivity (Wildman–Crippen MR) is 42.5 cm³/mol. The zero-order valence-electron chi connectivity index (χ0n) is 7.16. The SMILES string of the molecule is COCCCOC(=O)[C@H](N)CO. The van der Waals surface area contributed by atoms with Gasteiger partial charge in [0.15, 0.2) is 0 Å². The third-order valence-corrected chi connectivity index (χ3v) is 1.24. The minimum absolute atomic E-state index is 0.278. The van der Waals surface area contributed by atoms with E-state index < -0.39 is 12.0 Å². The van der Waals surface area contributed by atoms with Gasteiger partial charge in [-0.1, -0.05) is 0 Å². The lowest BCUT2D eigenvalue weighted by Gasteiger charge is -2.07. The molecule has 0 bridgehead atoms. The quantitative estimate of drug-likeness (QED) is 0.397. The Labute approximate surface area is 71.5 Å². The summed E-state index contributed by atoms with van der Waals surface area (Å²) in [6.07, 6.45) is 0.639. The molecule has 0 rings (SSSR count). The monoisotopic (exact) mass is 177 g/mol. The fourth-order valence-corrected chi connectivity index (χ4v) is 0.558. The molecule has 0 heterocycles. The Morgan fingerprint density at radius 3 is 2.75 bits per heavy atom. The molecule has 0 aliphatic carbocycles. The highest BCUT2D eigenvalue weighted by Gasteiger charge is 2.12. The first-order chi connectivity index (χ1) is 5.72.